The van der Waals surface area contributed by atoms with Gasteiger partial charge in [0.05, 0.1) is 11.6 Å². The van der Waals surface area contributed by atoms with E-state index in [9.17, 15) is 14.7 Å². The van der Waals surface area contributed by atoms with Gasteiger partial charge in [-0.3, -0.25) is 4.79 Å². The zero-order valence-corrected chi connectivity index (χ0v) is 18.3. The molecule has 6 nitrogen and oxygen atoms in total. The van der Waals surface area contributed by atoms with Crippen molar-refractivity contribution in [2.75, 3.05) is 6.61 Å². The molecular weight excluding hydrogens is 406 g/mol. The maximum atomic E-state index is 12.7. The molecule has 2 aliphatic carbocycles. The molecule has 0 radical (unpaired) electrons. The van der Waals surface area contributed by atoms with Gasteiger partial charge in [0.15, 0.2) is 0 Å². The van der Waals surface area contributed by atoms with Gasteiger partial charge >= 0.3 is 12.1 Å². The van der Waals surface area contributed by atoms with Crippen LogP contribution in [0.15, 0.2) is 48.5 Å². The lowest BCUT2D eigenvalue weighted by Crippen LogP contribution is -2.54. The molecule has 0 heterocycles. The Bertz CT molecular complexity index is 929. The van der Waals surface area contributed by atoms with Crippen LogP contribution in [0, 0.1) is 0 Å². The number of carbonyl (C=O) groups excluding carboxylic acids is 1. The summed E-state index contributed by atoms with van der Waals surface area (Å²) in [7, 11) is 0. The van der Waals surface area contributed by atoms with Crippen molar-refractivity contribution in [3.63, 3.8) is 0 Å². The number of amides is 1. The summed E-state index contributed by atoms with van der Waals surface area (Å²) in [6, 6.07) is 16.0. The molecule has 0 spiro atoms. The van der Waals surface area contributed by atoms with E-state index in [0.717, 1.165) is 24.0 Å². The SMILES string of the molecule is O=C(O)CCCC[C@@]1(O)CCCC[C@@H]1NC(=O)OCC1c2ccccc2-c2ccccc21. The summed E-state index contributed by atoms with van der Waals surface area (Å²) in [4.78, 5) is 23.4. The van der Waals surface area contributed by atoms with Crippen LogP contribution in [0.3, 0.4) is 0 Å². The number of carboxylic acid groups (broad SMARTS) is 1. The normalized spacial score (nSPS) is 22.1. The molecule has 0 bridgehead atoms. The third-order valence-electron chi connectivity index (χ3n) is 6.89. The Morgan fingerprint density at radius 2 is 1.66 bits per heavy atom. The Hall–Kier alpha value is -2.86. The Morgan fingerprint density at radius 1 is 1.00 bits per heavy atom. The monoisotopic (exact) mass is 437 g/mol. The highest BCUT2D eigenvalue weighted by atomic mass is 16.5. The Labute approximate surface area is 188 Å². The molecule has 1 saturated carbocycles. The molecule has 4 rings (SSSR count). The summed E-state index contributed by atoms with van der Waals surface area (Å²) in [6.45, 7) is 0.240. The number of fused-ring (bicyclic) bond motifs is 3. The molecular formula is C26H31NO5. The minimum absolute atomic E-state index is 0.00518. The number of nitrogens with one attached hydrogen (secondary N) is 1. The molecule has 3 N–H and O–H groups in total. The van der Waals surface area contributed by atoms with Gasteiger partial charge in [0.25, 0.3) is 0 Å². The number of rotatable bonds is 8. The average Bonchev–Trinajstić information content (AvgIpc) is 3.11. The van der Waals surface area contributed by atoms with Gasteiger partial charge in [0, 0.05) is 12.3 Å². The first-order valence-corrected chi connectivity index (χ1v) is 11.5. The first-order valence-electron chi connectivity index (χ1n) is 11.5. The number of hydrogen-bond acceptors (Lipinski definition) is 4. The second-order valence-corrected chi connectivity index (χ2v) is 8.97. The van der Waals surface area contributed by atoms with Crippen LogP contribution >= 0.6 is 0 Å². The van der Waals surface area contributed by atoms with Gasteiger partial charge in [-0.25, -0.2) is 4.79 Å². The predicted molar refractivity (Wildman–Crippen MR) is 122 cm³/mol. The van der Waals surface area contributed by atoms with E-state index in [4.69, 9.17) is 9.84 Å². The quantitative estimate of drug-likeness (QED) is 0.514. The van der Waals surface area contributed by atoms with Gasteiger partial charge in [-0.1, -0.05) is 61.4 Å². The van der Waals surface area contributed by atoms with Crippen LogP contribution in [0.1, 0.15) is 68.4 Å². The zero-order chi connectivity index (χ0) is 22.6. The van der Waals surface area contributed by atoms with Gasteiger partial charge in [-0.15, -0.1) is 0 Å². The fourth-order valence-corrected chi connectivity index (χ4v) is 5.22. The Morgan fingerprint density at radius 3 is 2.31 bits per heavy atom. The second kappa shape index (κ2) is 9.74. The lowest BCUT2D eigenvalue weighted by molar-refractivity contribution is -0.137. The second-order valence-electron chi connectivity index (χ2n) is 8.97. The first-order chi connectivity index (χ1) is 15.5. The van der Waals surface area contributed by atoms with Crippen molar-refractivity contribution >= 4 is 12.1 Å². The van der Waals surface area contributed by atoms with E-state index < -0.39 is 17.7 Å². The smallest absolute Gasteiger partial charge is 0.407 e. The lowest BCUT2D eigenvalue weighted by atomic mass is 9.77. The van der Waals surface area contributed by atoms with Crippen LogP contribution in [0.25, 0.3) is 11.1 Å². The summed E-state index contributed by atoms with van der Waals surface area (Å²) < 4.78 is 5.65. The highest BCUT2D eigenvalue weighted by Crippen LogP contribution is 2.44. The van der Waals surface area contributed by atoms with Crippen molar-refractivity contribution in [1.82, 2.24) is 5.32 Å². The van der Waals surface area contributed by atoms with E-state index in [1.807, 2.05) is 24.3 Å². The minimum atomic E-state index is -1.01. The Kier molecular flexibility index (Phi) is 6.80. The predicted octanol–water partition coefficient (Wildman–Crippen LogP) is 4.84. The van der Waals surface area contributed by atoms with Gasteiger partial charge in [-0.2, -0.15) is 0 Å². The van der Waals surface area contributed by atoms with E-state index in [-0.39, 0.29) is 25.0 Å². The number of carbonyl (C=O) groups is 2. The van der Waals surface area contributed by atoms with Crippen LogP contribution in [-0.4, -0.2) is 40.5 Å². The zero-order valence-electron chi connectivity index (χ0n) is 18.3. The number of ether oxygens (including phenoxy) is 1. The van der Waals surface area contributed by atoms with E-state index in [1.165, 1.54) is 11.1 Å². The average molecular weight is 438 g/mol. The fraction of sp³-hybridized carbons (Fsp3) is 0.462. The summed E-state index contributed by atoms with van der Waals surface area (Å²) in [6.07, 6.45) is 4.34. The topological polar surface area (TPSA) is 95.9 Å². The molecule has 6 heteroatoms. The van der Waals surface area contributed by atoms with Gasteiger partial charge in [-0.05, 0) is 54.4 Å². The highest BCUT2D eigenvalue weighted by Gasteiger charge is 2.39. The van der Waals surface area contributed by atoms with Crippen LogP contribution in [-0.2, 0) is 9.53 Å². The van der Waals surface area contributed by atoms with Crippen molar-refractivity contribution in [3.8, 4) is 11.1 Å². The lowest BCUT2D eigenvalue weighted by Gasteiger charge is -2.40. The molecule has 1 fully saturated rings. The van der Waals surface area contributed by atoms with Gasteiger partial charge in [0.1, 0.15) is 6.61 Å². The van der Waals surface area contributed by atoms with E-state index >= 15 is 0 Å². The van der Waals surface area contributed by atoms with Crippen LogP contribution in [0.5, 0.6) is 0 Å². The van der Waals surface area contributed by atoms with Gasteiger partial charge < -0.3 is 20.3 Å². The van der Waals surface area contributed by atoms with Crippen LogP contribution in [0.4, 0.5) is 4.79 Å². The molecule has 0 aliphatic heterocycles. The summed E-state index contributed by atoms with van der Waals surface area (Å²) >= 11 is 0. The molecule has 170 valence electrons. The van der Waals surface area contributed by atoms with Crippen molar-refractivity contribution in [3.05, 3.63) is 59.7 Å². The van der Waals surface area contributed by atoms with E-state index in [1.54, 1.807) is 0 Å². The molecule has 32 heavy (non-hydrogen) atoms. The van der Waals surface area contributed by atoms with Crippen molar-refractivity contribution in [1.29, 1.82) is 0 Å². The molecule has 1 amide bonds. The molecule has 0 saturated heterocycles. The third-order valence-corrected chi connectivity index (χ3v) is 6.89. The maximum Gasteiger partial charge on any atom is 0.407 e. The third kappa shape index (κ3) is 4.80. The van der Waals surface area contributed by atoms with Gasteiger partial charge in [0.2, 0.25) is 0 Å². The number of aliphatic carboxylic acids is 1. The maximum absolute atomic E-state index is 12.7. The fourth-order valence-electron chi connectivity index (χ4n) is 5.22. The van der Waals surface area contributed by atoms with E-state index in [0.29, 0.717) is 32.1 Å². The summed E-state index contributed by atoms with van der Waals surface area (Å²) in [5.74, 6) is -0.830. The summed E-state index contributed by atoms with van der Waals surface area (Å²) in [5, 5.41) is 22.9. The largest absolute Gasteiger partial charge is 0.481 e. The van der Waals surface area contributed by atoms with E-state index in [2.05, 4.69) is 29.6 Å². The standard InChI is InChI=1S/C26H31NO5/c28-24(29)14-6-8-16-26(31)15-7-5-13-23(26)27-25(30)32-17-22-20-11-3-1-9-18(20)19-10-2-4-12-21(19)22/h1-4,9-12,22-23,31H,5-8,13-17H2,(H,27,30)(H,28,29)/t23-,26-/m0/s1. The van der Waals surface area contributed by atoms with Crippen LogP contribution < -0.4 is 5.32 Å². The van der Waals surface area contributed by atoms with Crippen molar-refractivity contribution in [2.45, 2.75) is 68.9 Å². The number of aliphatic hydroxyl groups is 1. The molecule has 2 aromatic rings. The van der Waals surface area contributed by atoms with Crippen LogP contribution in [0.2, 0.25) is 0 Å². The van der Waals surface area contributed by atoms with Crippen molar-refractivity contribution < 1.29 is 24.5 Å². The molecule has 2 aliphatic rings. The number of benzene rings is 2. The number of carboxylic acids is 1. The molecule has 2 atom stereocenters. The highest BCUT2D eigenvalue weighted by molar-refractivity contribution is 5.79. The molecule has 0 unspecified atom stereocenters. The molecule has 2 aromatic carbocycles. The number of hydrogen-bond donors (Lipinski definition) is 3. The molecule has 0 aromatic heterocycles. The number of alkyl carbamates (subject to hydrolysis) is 1. The summed E-state index contributed by atoms with van der Waals surface area (Å²) in [5.41, 5.74) is 3.67. The van der Waals surface area contributed by atoms with Crippen molar-refractivity contribution in [2.24, 2.45) is 0 Å². The number of unbranched alkanes of at least 4 members (excludes halogenated alkanes) is 1. The Balaban J connectivity index is 1.36. The minimum Gasteiger partial charge on any atom is -0.481 e. The first kappa shape index (κ1) is 22.3.